The molecule has 0 aliphatic heterocycles. The molecular weight excluding hydrogens is 354 g/mol. The normalized spacial score (nSPS) is 10.2. The van der Waals surface area contributed by atoms with Gasteiger partial charge in [-0.1, -0.05) is 29.8 Å². The number of anilines is 4. The smallest absolute Gasteiger partial charge is 0.340 e. The van der Waals surface area contributed by atoms with E-state index in [1.165, 1.54) is 6.20 Å². The molecule has 1 aromatic heterocycles. The minimum Gasteiger partial charge on any atom is -0.462 e. The third kappa shape index (κ3) is 4.46. The van der Waals surface area contributed by atoms with Crippen LogP contribution in [0, 0.1) is 0 Å². The van der Waals surface area contributed by atoms with Gasteiger partial charge >= 0.3 is 5.97 Å². The van der Waals surface area contributed by atoms with Crippen LogP contribution in [0.4, 0.5) is 23.1 Å². The third-order valence-corrected chi connectivity index (χ3v) is 3.56. The number of ether oxygens (including phenoxy) is 1. The van der Waals surface area contributed by atoms with Crippen LogP contribution in [0.15, 0.2) is 54.7 Å². The third-order valence-electron chi connectivity index (χ3n) is 3.32. The summed E-state index contributed by atoms with van der Waals surface area (Å²) in [7, 11) is 0. The predicted octanol–water partition coefficient (Wildman–Crippen LogP) is 4.19. The largest absolute Gasteiger partial charge is 0.462 e. The summed E-state index contributed by atoms with van der Waals surface area (Å²) in [4.78, 5) is 16.4. The van der Waals surface area contributed by atoms with Crippen LogP contribution in [0.25, 0.3) is 0 Å². The molecular formula is C18H16ClN5O2. The lowest BCUT2D eigenvalue weighted by Gasteiger charge is -2.11. The number of rotatable bonds is 6. The van der Waals surface area contributed by atoms with E-state index in [0.29, 0.717) is 28.7 Å². The lowest BCUT2D eigenvalue weighted by molar-refractivity contribution is 0.0527. The first-order chi connectivity index (χ1) is 12.7. The highest BCUT2D eigenvalue weighted by molar-refractivity contribution is 6.30. The van der Waals surface area contributed by atoms with Gasteiger partial charge in [0, 0.05) is 10.7 Å². The first-order valence-electron chi connectivity index (χ1n) is 7.91. The number of para-hydroxylation sites is 1. The van der Waals surface area contributed by atoms with Crippen molar-refractivity contribution in [3.05, 3.63) is 65.3 Å². The van der Waals surface area contributed by atoms with Gasteiger partial charge in [-0.05, 0) is 37.3 Å². The molecule has 2 aromatic carbocycles. The van der Waals surface area contributed by atoms with Gasteiger partial charge in [-0.25, -0.2) is 4.79 Å². The number of esters is 1. The number of halogens is 1. The molecule has 0 saturated heterocycles. The van der Waals surface area contributed by atoms with Gasteiger partial charge in [0.1, 0.15) is 0 Å². The van der Waals surface area contributed by atoms with Crippen molar-refractivity contribution in [3.8, 4) is 0 Å². The zero-order chi connectivity index (χ0) is 18.4. The quantitative estimate of drug-likeness (QED) is 0.629. The fourth-order valence-corrected chi connectivity index (χ4v) is 2.42. The molecule has 0 atom stereocenters. The molecule has 7 nitrogen and oxygen atoms in total. The second kappa shape index (κ2) is 8.26. The molecule has 3 aromatic rings. The van der Waals surface area contributed by atoms with Crippen molar-refractivity contribution in [1.29, 1.82) is 0 Å². The SMILES string of the molecule is CCOC(=O)c1ccccc1Nc1nncc(Nc2cccc(Cl)c2)n1. The Morgan fingerprint density at radius 1 is 1.15 bits per heavy atom. The lowest BCUT2D eigenvalue weighted by Crippen LogP contribution is -2.09. The van der Waals surface area contributed by atoms with Crippen molar-refractivity contribution < 1.29 is 9.53 Å². The molecule has 0 fully saturated rings. The molecule has 0 aliphatic carbocycles. The van der Waals surface area contributed by atoms with Crippen molar-refractivity contribution in [2.45, 2.75) is 6.92 Å². The number of carbonyl (C=O) groups is 1. The van der Waals surface area contributed by atoms with Crippen LogP contribution in [0.2, 0.25) is 5.02 Å². The van der Waals surface area contributed by atoms with Gasteiger partial charge < -0.3 is 15.4 Å². The van der Waals surface area contributed by atoms with E-state index in [1.807, 2.05) is 12.1 Å². The van der Waals surface area contributed by atoms with E-state index < -0.39 is 5.97 Å². The van der Waals surface area contributed by atoms with E-state index in [9.17, 15) is 4.79 Å². The van der Waals surface area contributed by atoms with Crippen LogP contribution in [0.3, 0.4) is 0 Å². The van der Waals surface area contributed by atoms with Gasteiger partial charge in [0.25, 0.3) is 0 Å². The molecule has 132 valence electrons. The van der Waals surface area contributed by atoms with Crippen molar-refractivity contribution >= 4 is 40.7 Å². The summed E-state index contributed by atoms with van der Waals surface area (Å²) in [6.07, 6.45) is 1.49. The summed E-state index contributed by atoms with van der Waals surface area (Å²) in [5, 5.41) is 14.6. The Morgan fingerprint density at radius 2 is 2.00 bits per heavy atom. The zero-order valence-corrected chi connectivity index (χ0v) is 14.7. The number of nitrogens with one attached hydrogen (secondary N) is 2. The van der Waals surface area contributed by atoms with Crippen LogP contribution in [0.5, 0.6) is 0 Å². The number of benzene rings is 2. The van der Waals surface area contributed by atoms with E-state index >= 15 is 0 Å². The van der Waals surface area contributed by atoms with Crippen molar-refractivity contribution in [3.63, 3.8) is 0 Å². The van der Waals surface area contributed by atoms with E-state index in [2.05, 4.69) is 25.8 Å². The van der Waals surface area contributed by atoms with Crippen molar-refractivity contribution in [1.82, 2.24) is 15.2 Å². The Bertz CT molecular complexity index is 919. The topological polar surface area (TPSA) is 89.0 Å². The first-order valence-corrected chi connectivity index (χ1v) is 8.29. The van der Waals surface area contributed by atoms with Crippen LogP contribution in [0.1, 0.15) is 17.3 Å². The fraction of sp³-hybridized carbons (Fsp3) is 0.111. The maximum Gasteiger partial charge on any atom is 0.340 e. The number of hydrogen-bond acceptors (Lipinski definition) is 7. The molecule has 1 heterocycles. The molecule has 0 saturated carbocycles. The molecule has 0 amide bonds. The summed E-state index contributed by atoms with van der Waals surface area (Å²) >= 11 is 5.98. The minimum absolute atomic E-state index is 0.244. The zero-order valence-electron chi connectivity index (χ0n) is 13.9. The van der Waals surface area contributed by atoms with Gasteiger partial charge in [-0.3, -0.25) is 0 Å². The Balaban J connectivity index is 1.80. The highest BCUT2D eigenvalue weighted by Gasteiger charge is 2.13. The van der Waals surface area contributed by atoms with Crippen LogP contribution >= 0.6 is 11.6 Å². The summed E-state index contributed by atoms with van der Waals surface area (Å²) in [6, 6.07) is 14.2. The minimum atomic E-state index is -0.420. The van der Waals surface area contributed by atoms with Crippen molar-refractivity contribution in [2.75, 3.05) is 17.2 Å². The number of aromatic nitrogens is 3. The van der Waals surface area contributed by atoms with Crippen LogP contribution in [-0.2, 0) is 4.74 Å². The van der Waals surface area contributed by atoms with Gasteiger partial charge in [-0.2, -0.15) is 10.1 Å². The maximum atomic E-state index is 12.1. The highest BCUT2D eigenvalue weighted by atomic mass is 35.5. The Labute approximate surface area is 155 Å². The maximum absolute atomic E-state index is 12.1. The number of carbonyl (C=O) groups excluding carboxylic acids is 1. The summed E-state index contributed by atoms with van der Waals surface area (Å²) in [5.74, 6) is 0.309. The van der Waals surface area contributed by atoms with E-state index in [4.69, 9.17) is 16.3 Å². The highest BCUT2D eigenvalue weighted by Crippen LogP contribution is 2.22. The molecule has 8 heteroatoms. The Hall–Kier alpha value is -3.19. The van der Waals surface area contributed by atoms with Gasteiger partial charge in [0.2, 0.25) is 5.95 Å². The van der Waals surface area contributed by atoms with Crippen LogP contribution in [-0.4, -0.2) is 27.8 Å². The Morgan fingerprint density at radius 3 is 2.81 bits per heavy atom. The van der Waals surface area contributed by atoms with E-state index in [-0.39, 0.29) is 5.95 Å². The van der Waals surface area contributed by atoms with Gasteiger partial charge in [0.05, 0.1) is 24.1 Å². The monoisotopic (exact) mass is 369 g/mol. The molecule has 26 heavy (non-hydrogen) atoms. The number of nitrogens with zero attached hydrogens (tertiary/aromatic N) is 3. The summed E-state index contributed by atoms with van der Waals surface area (Å²) < 4.78 is 5.06. The molecule has 0 aliphatic rings. The molecule has 3 rings (SSSR count). The van der Waals surface area contributed by atoms with Gasteiger partial charge in [0.15, 0.2) is 5.82 Å². The average molecular weight is 370 g/mol. The van der Waals surface area contributed by atoms with Gasteiger partial charge in [-0.15, -0.1) is 5.10 Å². The molecule has 0 spiro atoms. The molecule has 0 unspecified atom stereocenters. The first kappa shape index (κ1) is 17.6. The van der Waals surface area contributed by atoms with E-state index in [1.54, 1.807) is 43.3 Å². The second-order valence-corrected chi connectivity index (χ2v) is 5.63. The molecule has 0 radical (unpaired) electrons. The summed E-state index contributed by atoms with van der Waals surface area (Å²) in [6.45, 7) is 2.05. The average Bonchev–Trinajstić information content (AvgIpc) is 2.63. The van der Waals surface area contributed by atoms with E-state index in [0.717, 1.165) is 5.69 Å². The van der Waals surface area contributed by atoms with Crippen LogP contribution < -0.4 is 10.6 Å². The number of hydrogen-bond donors (Lipinski definition) is 2. The predicted molar refractivity (Wildman–Crippen MR) is 100 cm³/mol. The Kier molecular flexibility index (Phi) is 5.60. The summed E-state index contributed by atoms with van der Waals surface area (Å²) in [5.41, 5.74) is 1.70. The lowest BCUT2D eigenvalue weighted by atomic mass is 10.2. The standard InChI is InChI=1S/C18H16ClN5O2/c1-2-26-17(25)14-8-3-4-9-15(14)22-18-23-16(11-20-24-18)21-13-7-5-6-12(19)10-13/h3-11H,2H2,1H3,(H2,21,22,23,24). The van der Waals surface area contributed by atoms with Crippen molar-refractivity contribution in [2.24, 2.45) is 0 Å². The second-order valence-electron chi connectivity index (χ2n) is 5.19. The fourth-order valence-electron chi connectivity index (χ4n) is 2.23. The molecule has 0 bridgehead atoms. The molecule has 2 N–H and O–H groups in total.